The molecule has 0 spiro atoms. The van der Waals surface area contributed by atoms with Gasteiger partial charge in [0.25, 0.3) is 11.8 Å². The van der Waals surface area contributed by atoms with Crippen molar-refractivity contribution in [3.63, 3.8) is 0 Å². The lowest BCUT2D eigenvalue weighted by Crippen LogP contribution is -2.35. The topological polar surface area (TPSA) is 58.6 Å². The zero-order chi connectivity index (χ0) is 18.4. The summed E-state index contributed by atoms with van der Waals surface area (Å²) in [4.78, 5) is 27.1. The molecule has 1 heterocycles. The molecule has 0 fully saturated rings. The van der Waals surface area contributed by atoms with E-state index >= 15 is 0 Å². The molecule has 5 heteroatoms. The summed E-state index contributed by atoms with van der Waals surface area (Å²) in [6.45, 7) is 1.85. The lowest BCUT2D eigenvalue weighted by molar-refractivity contribution is 0.0948. The number of carbonyl (C=O) groups excluding carboxylic acids is 2. The molecule has 5 nitrogen and oxygen atoms in total. The smallest absolute Gasteiger partial charge is 0.258 e. The molecule has 136 valence electrons. The summed E-state index contributed by atoms with van der Waals surface area (Å²) in [6, 6.07) is 14.9. The molecule has 2 aromatic rings. The average Bonchev–Trinajstić information content (AvgIpc) is 2.70. The highest BCUT2D eigenvalue weighted by molar-refractivity contribution is 6.08. The molecule has 3 rings (SSSR count). The van der Waals surface area contributed by atoms with Gasteiger partial charge in [-0.05, 0) is 49.1 Å². The number of anilines is 1. The number of carbonyl (C=O) groups is 2. The van der Waals surface area contributed by atoms with Crippen LogP contribution in [0, 0.1) is 0 Å². The van der Waals surface area contributed by atoms with Gasteiger partial charge >= 0.3 is 0 Å². The summed E-state index contributed by atoms with van der Waals surface area (Å²) in [5.74, 6) is -0.235. The molecule has 0 atom stereocenters. The molecule has 1 N–H and O–H groups in total. The standard InChI is InChI=1S/C21H24N2O3/c1-26-14-6-12-22-20(24)17-8-4-9-18(15-17)21(25)23-13-5-10-16-7-2-3-11-19(16)23/h2-4,7-9,11,15H,5-6,10,12-14H2,1H3,(H,22,24). The van der Waals surface area contributed by atoms with Crippen LogP contribution in [0.2, 0.25) is 0 Å². The Bertz CT molecular complexity index is 788. The predicted octanol–water partition coefficient (Wildman–Crippen LogP) is 3.05. The zero-order valence-electron chi connectivity index (χ0n) is 15.0. The zero-order valence-corrected chi connectivity index (χ0v) is 15.0. The quantitative estimate of drug-likeness (QED) is 0.813. The predicted molar refractivity (Wildman–Crippen MR) is 102 cm³/mol. The van der Waals surface area contributed by atoms with Gasteiger partial charge in [-0.15, -0.1) is 0 Å². The minimum Gasteiger partial charge on any atom is -0.385 e. The number of aryl methyl sites for hydroxylation is 1. The summed E-state index contributed by atoms with van der Waals surface area (Å²) in [5, 5.41) is 2.85. The molecule has 0 unspecified atom stereocenters. The third kappa shape index (κ3) is 4.11. The van der Waals surface area contributed by atoms with Gasteiger partial charge < -0.3 is 15.0 Å². The first kappa shape index (κ1) is 18.1. The Morgan fingerprint density at radius 2 is 1.92 bits per heavy atom. The summed E-state index contributed by atoms with van der Waals surface area (Å²) >= 11 is 0. The molecule has 26 heavy (non-hydrogen) atoms. The summed E-state index contributed by atoms with van der Waals surface area (Å²) in [7, 11) is 1.63. The number of benzene rings is 2. The summed E-state index contributed by atoms with van der Waals surface area (Å²) in [5.41, 5.74) is 3.20. The van der Waals surface area contributed by atoms with E-state index < -0.39 is 0 Å². The number of nitrogens with one attached hydrogen (secondary N) is 1. The van der Waals surface area contributed by atoms with Crippen molar-refractivity contribution in [1.29, 1.82) is 0 Å². The van der Waals surface area contributed by atoms with Crippen LogP contribution in [-0.4, -0.2) is 38.6 Å². The SMILES string of the molecule is COCCCNC(=O)c1cccc(C(=O)N2CCCc3ccccc32)c1. The fraction of sp³-hybridized carbons (Fsp3) is 0.333. The third-order valence-corrected chi connectivity index (χ3v) is 4.54. The minimum absolute atomic E-state index is 0.0637. The Kier molecular flexibility index (Phi) is 6.02. The lowest BCUT2D eigenvalue weighted by Gasteiger charge is -2.29. The first-order chi connectivity index (χ1) is 12.7. The maximum atomic E-state index is 13.0. The summed E-state index contributed by atoms with van der Waals surface area (Å²) in [6.07, 6.45) is 2.69. The average molecular weight is 352 g/mol. The number of hydrogen-bond donors (Lipinski definition) is 1. The molecule has 2 aromatic carbocycles. The number of methoxy groups -OCH3 is 1. The second kappa shape index (κ2) is 8.63. The lowest BCUT2D eigenvalue weighted by atomic mass is 10.0. The maximum Gasteiger partial charge on any atom is 0.258 e. The summed E-state index contributed by atoms with van der Waals surface area (Å²) < 4.78 is 4.97. The van der Waals surface area contributed by atoms with E-state index in [2.05, 4.69) is 11.4 Å². The van der Waals surface area contributed by atoms with E-state index in [1.54, 1.807) is 31.4 Å². The molecule has 0 bridgehead atoms. The Hall–Kier alpha value is -2.66. The van der Waals surface area contributed by atoms with Crippen molar-refractivity contribution in [3.05, 3.63) is 65.2 Å². The molecule has 0 aromatic heterocycles. The maximum absolute atomic E-state index is 13.0. The fourth-order valence-corrected chi connectivity index (χ4v) is 3.21. The fourth-order valence-electron chi connectivity index (χ4n) is 3.21. The van der Waals surface area contributed by atoms with Gasteiger partial charge in [-0.3, -0.25) is 9.59 Å². The van der Waals surface area contributed by atoms with Crippen LogP contribution in [0.25, 0.3) is 0 Å². The van der Waals surface area contributed by atoms with Gasteiger partial charge in [0.1, 0.15) is 0 Å². The van der Waals surface area contributed by atoms with Gasteiger partial charge in [0, 0.05) is 43.6 Å². The highest BCUT2D eigenvalue weighted by Gasteiger charge is 2.23. The van der Waals surface area contributed by atoms with Gasteiger partial charge in [-0.1, -0.05) is 24.3 Å². The Balaban J connectivity index is 1.74. The van der Waals surface area contributed by atoms with Crippen LogP contribution < -0.4 is 10.2 Å². The largest absolute Gasteiger partial charge is 0.385 e. The van der Waals surface area contributed by atoms with Crippen LogP contribution in [-0.2, 0) is 11.2 Å². The molecular weight excluding hydrogens is 328 g/mol. The number of rotatable bonds is 6. The molecule has 2 amide bonds. The highest BCUT2D eigenvalue weighted by atomic mass is 16.5. The van der Waals surface area contributed by atoms with Crippen LogP contribution in [0.15, 0.2) is 48.5 Å². The van der Waals surface area contributed by atoms with Crippen LogP contribution in [0.1, 0.15) is 39.1 Å². The highest BCUT2D eigenvalue weighted by Crippen LogP contribution is 2.28. The van der Waals surface area contributed by atoms with E-state index in [0.29, 0.717) is 30.8 Å². The van der Waals surface area contributed by atoms with Crippen molar-refractivity contribution in [2.24, 2.45) is 0 Å². The normalized spacial score (nSPS) is 13.2. The monoisotopic (exact) mass is 352 g/mol. The van der Waals surface area contributed by atoms with Crippen LogP contribution in [0.3, 0.4) is 0 Å². The first-order valence-electron chi connectivity index (χ1n) is 8.97. The van der Waals surface area contributed by atoms with Crippen molar-refractivity contribution in [1.82, 2.24) is 5.32 Å². The second-order valence-corrected chi connectivity index (χ2v) is 6.37. The van der Waals surface area contributed by atoms with Crippen LogP contribution in [0.4, 0.5) is 5.69 Å². The van der Waals surface area contributed by atoms with Crippen molar-refractivity contribution in [2.75, 3.05) is 31.7 Å². The van der Waals surface area contributed by atoms with E-state index in [1.165, 1.54) is 5.56 Å². The molecule has 0 radical (unpaired) electrons. The third-order valence-electron chi connectivity index (χ3n) is 4.54. The van der Waals surface area contributed by atoms with Gasteiger partial charge in [0.05, 0.1) is 0 Å². The Morgan fingerprint density at radius 1 is 1.12 bits per heavy atom. The van der Waals surface area contributed by atoms with Crippen LogP contribution >= 0.6 is 0 Å². The van der Waals surface area contributed by atoms with Gasteiger partial charge in [0.15, 0.2) is 0 Å². The van der Waals surface area contributed by atoms with Crippen LogP contribution in [0.5, 0.6) is 0 Å². The van der Waals surface area contributed by atoms with Crippen molar-refractivity contribution in [2.45, 2.75) is 19.3 Å². The number of amides is 2. The number of nitrogens with zero attached hydrogens (tertiary/aromatic N) is 1. The van der Waals surface area contributed by atoms with Crippen molar-refractivity contribution in [3.8, 4) is 0 Å². The number of fused-ring (bicyclic) bond motifs is 1. The molecule has 0 aliphatic carbocycles. The van der Waals surface area contributed by atoms with Gasteiger partial charge in [0.2, 0.25) is 0 Å². The second-order valence-electron chi connectivity index (χ2n) is 6.37. The number of hydrogen-bond acceptors (Lipinski definition) is 3. The van der Waals surface area contributed by atoms with Crippen molar-refractivity contribution < 1.29 is 14.3 Å². The van der Waals surface area contributed by atoms with E-state index in [4.69, 9.17) is 4.74 Å². The number of para-hydroxylation sites is 1. The molecular formula is C21H24N2O3. The Labute approximate surface area is 154 Å². The van der Waals surface area contributed by atoms with E-state index in [-0.39, 0.29) is 11.8 Å². The van der Waals surface area contributed by atoms with E-state index in [0.717, 1.165) is 24.9 Å². The molecule has 1 aliphatic heterocycles. The first-order valence-corrected chi connectivity index (χ1v) is 8.97. The molecule has 1 aliphatic rings. The van der Waals surface area contributed by atoms with Gasteiger partial charge in [-0.25, -0.2) is 0 Å². The Morgan fingerprint density at radius 3 is 2.77 bits per heavy atom. The molecule has 0 saturated carbocycles. The number of ether oxygens (including phenoxy) is 1. The minimum atomic E-state index is -0.171. The van der Waals surface area contributed by atoms with Gasteiger partial charge in [-0.2, -0.15) is 0 Å². The van der Waals surface area contributed by atoms with E-state index in [1.807, 2.05) is 23.1 Å². The van der Waals surface area contributed by atoms with Crippen molar-refractivity contribution >= 4 is 17.5 Å². The van der Waals surface area contributed by atoms with E-state index in [9.17, 15) is 9.59 Å². The molecule has 0 saturated heterocycles.